The van der Waals surface area contributed by atoms with Gasteiger partial charge in [0.25, 0.3) is 0 Å². The van der Waals surface area contributed by atoms with Crippen LogP contribution in [0.5, 0.6) is 10.8 Å². The first-order valence-electron chi connectivity index (χ1n) is 12.8. The molecular formula is C33H26N3OPtS2-3. The molecule has 0 saturated heterocycles. The molecule has 7 rings (SSSR count). The SMILES string of the molecule is CN1[CH-]N(c2[c-]c(Oc3[c-]c4c(-c5cc(C(C)(C)C)ccn5)cc5ccsc5c4s3)ccc2)c2ccccc21.[Pt]. The number of hydrogen-bond acceptors (Lipinski definition) is 6. The van der Waals surface area contributed by atoms with E-state index >= 15 is 0 Å². The molecule has 0 aliphatic carbocycles. The maximum Gasteiger partial charge on any atom is 0.108 e. The molecule has 3 aromatic heterocycles. The van der Waals surface area contributed by atoms with Crippen molar-refractivity contribution in [2.24, 2.45) is 0 Å². The van der Waals surface area contributed by atoms with Crippen LogP contribution in [-0.2, 0) is 26.5 Å². The van der Waals surface area contributed by atoms with E-state index in [4.69, 9.17) is 9.72 Å². The molecule has 4 heterocycles. The number of thiophene rings is 2. The fraction of sp³-hybridized carbons (Fsp3) is 0.152. The van der Waals surface area contributed by atoms with Crippen molar-refractivity contribution in [2.45, 2.75) is 26.2 Å². The van der Waals surface area contributed by atoms with Gasteiger partial charge in [-0.1, -0.05) is 43.2 Å². The van der Waals surface area contributed by atoms with Crippen molar-refractivity contribution in [1.82, 2.24) is 4.98 Å². The van der Waals surface area contributed by atoms with Crippen LogP contribution >= 0.6 is 22.7 Å². The van der Waals surface area contributed by atoms with Crippen LogP contribution in [0, 0.1) is 18.8 Å². The van der Waals surface area contributed by atoms with Gasteiger partial charge in [0.05, 0.1) is 0 Å². The monoisotopic (exact) mass is 739 g/mol. The molecule has 0 radical (unpaired) electrons. The minimum Gasteiger partial charge on any atom is -0.504 e. The van der Waals surface area contributed by atoms with Crippen molar-refractivity contribution in [1.29, 1.82) is 0 Å². The summed E-state index contributed by atoms with van der Waals surface area (Å²) in [5.74, 6) is 0.660. The summed E-state index contributed by atoms with van der Waals surface area (Å²) in [5, 5.41) is 5.12. The van der Waals surface area contributed by atoms with Crippen molar-refractivity contribution in [2.75, 3.05) is 16.8 Å². The Balaban J connectivity index is 0.00000289. The van der Waals surface area contributed by atoms with Crippen LogP contribution in [0.15, 0.2) is 78.3 Å². The standard InChI is InChI=1S/C33H26N3OS2.Pt/c1-33(2,3)22-12-14-34-27(17-22)25-16-21-13-15-38-31(21)32-26(25)19-30(39-32)37-24-9-7-8-23(18-24)36-20-35(4)28-10-5-6-11-29(28)36;/h5-17,20H,1-4H3;/q-3;. The van der Waals surface area contributed by atoms with Crippen molar-refractivity contribution >= 4 is 59.9 Å². The second-order valence-corrected chi connectivity index (χ2v) is 12.6. The molecule has 204 valence electrons. The zero-order valence-corrected chi connectivity index (χ0v) is 26.4. The molecule has 40 heavy (non-hydrogen) atoms. The topological polar surface area (TPSA) is 28.6 Å². The van der Waals surface area contributed by atoms with Crippen LogP contribution < -0.4 is 14.5 Å². The molecule has 0 amide bonds. The van der Waals surface area contributed by atoms with Gasteiger partial charge in [0, 0.05) is 50.1 Å². The van der Waals surface area contributed by atoms with Gasteiger partial charge >= 0.3 is 0 Å². The van der Waals surface area contributed by atoms with E-state index < -0.39 is 0 Å². The number of benzene rings is 3. The van der Waals surface area contributed by atoms with Gasteiger partial charge in [-0.25, -0.2) is 0 Å². The summed E-state index contributed by atoms with van der Waals surface area (Å²) in [6, 6.07) is 30.1. The first-order chi connectivity index (χ1) is 18.8. The molecule has 0 N–H and O–H groups in total. The molecule has 1 aliphatic rings. The summed E-state index contributed by atoms with van der Waals surface area (Å²) >= 11 is 3.38. The quantitative estimate of drug-likeness (QED) is 0.169. The molecule has 0 bridgehead atoms. The van der Waals surface area contributed by atoms with Crippen LogP contribution in [0.1, 0.15) is 26.3 Å². The molecule has 7 heteroatoms. The number of hydrogen-bond donors (Lipinski definition) is 0. The zero-order chi connectivity index (χ0) is 26.7. The van der Waals surface area contributed by atoms with Crippen molar-refractivity contribution < 1.29 is 25.8 Å². The Hall–Kier alpha value is -3.18. The molecule has 4 nitrogen and oxygen atoms in total. The van der Waals surface area contributed by atoms with Gasteiger partial charge in [-0.05, 0) is 63.8 Å². The number of para-hydroxylation sites is 2. The molecule has 0 spiro atoms. The van der Waals surface area contributed by atoms with E-state index in [2.05, 4.69) is 116 Å². The van der Waals surface area contributed by atoms with Crippen LogP contribution in [-0.4, -0.2) is 12.0 Å². The number of fused-ring (bicyclic) bond motifs is 4. The first kappa shape index (κ1) is 27.0. The molecule has 0 unspecified atom stereocenters. The summed E-state index contributed by atoms with van der Waals surface area (Å²) in [7, 11) is 2.06. The Bertz CT molecular complexity index is 1850. The maximum atomic E-state index is 6.41. The van der Waals surface area contributed by atoms with Gasteiger partial charge in [0.15, 0.2) is 0 Å². The van der Waals surface area contributed by atoms with E-state index in [1.165, 1.54) is 20.3 Å². The molecule has 0 fully saturated rings. The van der Waals surface area contributed by atoms with Gasteiger partial charge in [0.2, 0.25) is 0 Å². The van der Waals surface area contributed by atoms with Gasteiger partial charge in [-0.2, -0.15) is 40.8 Å². The van der Waals surface area contributed by atoms with Gasteiger partial charge in [0.1, 0.15) is 5.06 Å². The molecule has 6 aromatic rings. The summed E-state index contributed by atoms with van der Waals surface area (Å²) in [6.45, 7) is 8.76. The Morgan fingerprint density at radius 2 is 1.75 bits per heavy atom. The number of pyridine rings is 1. The number of ether oxygens (including phenoxy) is 1. The second kappa shape index (κ2) is 10.3. The largest absolute Gasteiger partial charge is 0.504 e. The smallest absolute Gasteiger partial charge is 0.108 e. The Kier molecular flexibility index (Phi) is 6.98. The Morgan fingerprint density at radius 1 is 0.925 bits per heavy atom. The van der Waals surface area contributed by atoms with Crippen LogP contribution in [0.2, 0.25) is 0 Å². The van der Waals surface area contributed by atoms with E-state index in [0.717, 1.165) is 38.8 Å². The maximum absolute atomic E-state index is 6.41. The first-order valence-corrected chi connectivity index (χ1v) is 14.5. The molecule has 3 aromatic carbocycles. The average Bonchev–Trinajstić information content (AvgIpc) is 3.65. The minimum atomic E-state index is 0. The van der Waals surface area contributed by atoms with Crippen molar-refractivity contribution in [3.05, 3.63) is 103 Å². The molecular weight excluding hydrogens is 714 g/mol. The summed E-state index contributed by atoms with van der Waals surface area (Å²) in [4.78, 5) is 9.02. The fourth-order valence-electron chi connectivity index (χ4n) is 5.01. The van der Waals surface area contributed by atoms with Crippen LogP contribution in [0.3, 0.4) is 0 Å². The van der Waals surface area contributed by atoms with E-state index in [-0.39, 0.29) is 26.5 Å². The number of aromatic nitrogens is 1. The van der Waals surface area contributed by atoms with Gasteiger partial charge < -0.3 is 14.5 Å². The molecule has 1 aliphatic heterocycles. The summed E-state index contributed by atoms with van der Waals surface area (Å²) < 4.78 is 8.84. The summed E-state index contributed by atoms with van der Waals surface area (Å²) in [6.07, 6.45) is 1.91. The third-order valence-corrected chi connectivity index (χ3v) is 9.11. The fourth-order valence-corrected chi connectivity index (χ4v) is 7.04. The molecule has 0 atom stereocenters. The number of rotatable bonds is 4. The average molecular weight is 740 g/mol. The number of anilines is 3. The third kappa shape index (κ3) is 4.72. The van der Waals surface area contributed by atoms with E-state index in [9.17, 15) is 0 Å². The third-order valence-electron chi connectivity index (χ3n) is 7.05. The Labute approximate surface area is 257 Å². The van der Waals surface area contributed by atoms with E-state index in [1.807, 2.05) is 18.3 Å². The van der Waals surface area contributed by atoms with Gasteiger partial charge in [-0.3, -0.25) is 4.98 Å². The zero-order valence-electron chi connectivity index (χ0n) is 22.5. The molecule has 0 saturated carbocycles. The van der Waals surface area contributed by atoms with E-state index in [0.29, 0.717) is 5.75 Å². The second-order valence-electron chi connectivity index (χ2n) is 10.7. The minimum absolute atomic E-state index is 0. The van der Waals surface area contributed by atoms with Crippen molar-refractivity contribution in [3.8, 4) is 22.1 Å². The number of nitrogens with zero attached hydrogens (tertiary/aromatic N) is 3. The Morgan fingerprint density at radius 3 is 2.58 bits per heavy atom. The van der Waals surface area contributed by atoms with Crippen molar-refractivity contribution in [3.63, 3.8) is 0 Å². The normalized spacial score (nSPS) is 13.1. The van der Waals surface area contributed by atoms with Gasteiger partial charge in [-0.15, -0.1) is 36.0 Å². The predicted molar refractivity (Wildman–Crippen MR) is 165 cm³/mol. The van der Waals surface area contributed by atoms with E-state index in [1.54, 1.807) is 22.7 Å². The summed E-state index contributed by atoms with van der Waals surface area (Å²) in [5.41, 5.74) is 6.55. The predicted octanol–water partition coefficient (Wildman–Crippen LogP) is 9.57. The van der Waals surface area contributed by atoms with Crippen LogP contribution in [0.25, 0.3) is 31.4 Å². The van der Waals surface area contributed by atoms with Crippen LogP contribution in [0.4, 0.5) is 17.1 Å².